The Bertz CT molecular complexity index is 438. The summed E-state index contributed by atoms with van der Waals surface area (Å²) in [5.41, 5.74) is 5.24. The van der Waals surface area contributed by atoms with Crippen LogP contribution in [-0.4, -0.2) is 62.0 Å². The van der Waals surface area contributed by atoms with Crippen LogP contribution >= 0.6 is 0 Å². The summed E-state index contributed by atoms with van der Waals surface area (Å²) in [4.78, 5) is 0. The quantitative estimate of drug-likeness (QED) is 0.795. The molecule has 0 aromatic heterocycles. The fraction of sp³-hybridized carbons (Fsp3) is 1.00. The molecular weight excluding hydrogens is 266 g/mol. The monoisotopic (exact) mass is 291 g/mol. The zero-order valence-corrected chi connectivity index (χ0v) is 12.9. The average Bonchev–Trinajstić information content (AvgIpc) is 2.72. The highest BCUT2D eigenvalue weighted by atomic mass is 32.2. The Morgan fingerprint density at radius 3 is 2.32 bits per heavy atom. The van der Waals surface area contributed by atoms with E-state index in [0.717, 1.165) is 6.42 Å². The molecule has 0 spiro atoms. The van der Waals surface area contributed by atoms with Gasteiger partial charge in [0.15, 0.2) is 0 Å². The molecule has 0 amide bonds. The third-order valence-electron chi connectivity index (χ3n) is 4.06. The van der Waals surface area contributed by atoms with Crippen molar-refractivity contribution in [2.45, 2.75) is 32.8 Å². The number of nitrogens with zero attached hydrogens (tertiary/aromatic N) is 2. The van der Waals surface area contributed by atoms with Crippen LogP contribution in [0.2, 0.25) is 0 Å². The van der Waals surface area contributed by atoms with E-state index in [2.05, 4.69) is 0 Å². The van der Waals surface area contributed by atoms with Crippen molar-refractivity contribution in [2.24, 2.45) is 11.1 Å². The first-order chi connectivity index (χ1) is 8.69. The van der Waals surface area contributed by atoms with Crippen molar-refractivity contribution < 1.29 is 13.2 Å². The zero-order chi connectivity index (χ0) is 14.3. The van der Waals surface area contributed by atoms with Gasteiger partial charge in [-0.15, -0.1) is 0 Å². The molecule has 7 heteroatoms. The second-order valence-electron chi connectivity index (χ2n) is 6.55. The van der Waals surface area contributed by atoms with Gasteiger partial charge in [-0.25, -0.2) is 0 Å². The van der Waals surface area contributed by atoms with Gasteiger partial charge in [-0.1, -0.05) is 6.92 Å². The van der Waals surface area contributed by atoms with Gasteiger partial charge in [0.1, 0.15) is 0 Å². The highest BCUT2D eigenvalue weighted by Crippen LogP contribution is 2.32. The van der Waals surface area contributed by atoms with E-state index in [9.17, 15) is 8.42 Å². The maximum absolute atomic E-state index is 12.6. The van der Waals surface area contributed by atoms with E-state index in [1.165, 1.54) is 0 Å². The number of rotatable bonds is 3. The summed E-state index contributed by atoms with van der Waals surface area (Å²) in [6.07, 6.45) is 0.830. The van der Waals surface area contributed by atoms with Gasteiger partial charge in [-0.2, -0.15) is 17.0 Å². The molecule has 19 heavy (non-hydrogen) atoms. The van der Waals surface area contributed by atoms with E-state index in [4.69, 9.17) is 10.5 Å². The van der Waals surface area contributed by atoms with E-state index in [0.29, 0.717) is 39.3 Å². The van der Waals surface area contributed by atoms with Crippen molar-refractivity contribution >= 4 is 10.2 Å². The molecule has 2 fully saturated rings. The number of hydrogen-bond acceptors (Lipinski definition) is 4. The molecule has 2 heterocycles. The van der Waals surface area contributed by atoms with Gasteiger partial charge in [-0.05, 0) is 32.2 Å². The van der Waals surface area contributed by atoms with E-state index in [1.54, 1.807) is 8.61 Å². The van der Waals surface area contributed by atoms with Gasteiger partial charge in [0.2, 0.25) is 0 Å². The van der Waals surface area contributed by atoms with Crippen LogP contribution in [0.3, 0.4) is 0 Å². The molecule has 0 aromatic carbocycles. The Kier molecular flexibility index (Phi) is 3.97. The molecule has 2 N–H and O–H groups in total. The zero-order valence-electron chi connectivity index (χ0n) is 12.1. The second kappa shape index (κ2) is 4.96. The molecule has 2 rings (SSSR count). The molecule has 2 aliphatic heterocycles. The summed E-state index contributed by atoms with van der Waals surface area (Å²) >= 11 is 0. The molecular formula is C12H25N3O3S. The fourth-order valence-corrected chi connectivity index (χ4v) is 4.58. The van der Waals surface area contributed by atoms with Crippen molar-refractivity contribution in [3.8, 4) is 0 Å². The van der Waals surface area contributed by atoms with Crippen LogP contribution in [-0.2, 0) is 14.9 Å². The third-order valence-corrected chi connectivity index (χ3v) is 5.99. The third kappa shape index (κ3) is 3.11. The lowest BCUT2D eigenvalue weighted by molar-refractivity contribution is -0.0651. The van der Waals surface area contributed by atoms with Crippen LogP contribution in [0.4, 0.5) is 0 Å². The first kappa shape index (κ1) is 15.2. The highest BCUT2D eigenvalue weighted by Gasteiger charge is 2.43. The molecule has 1 atom stereocenters. The second-order valence-corrected chi connectivity index (χ2v) is 8.48. The predicted molar refractivity (Wildman–Crippen MR) is 73.9 cm³/mol. The Labute approximate surface area is 116 Å². The lowest BCUT2D eigenvalue weighted by Crippen LogP contribution is -2.54. The first-order valence-corrected chi connectivity index (χ1v) is 8.18. The molecule has 112 valence electrons. The van der Waals surface area contributed by atoms with Crippen LogP contribution in [0.15, 0.2) is 0 Å². The molecule has 2 aliphatic rings. The summed E-state index contributed by atoms with van der Waals surface area (Å²) in [6.45, 7) is 8.78. The lowest BCUT2D eigenvalue weighted by atomic mass is 9.90. The summed E-state index contributed by atoms with van der Waals surface area (Å²) < 4.78 is 34.0. The van der Waals surface area contributed by atoms with E-state index in [-0.39, 0.29) is 5.41 Å². The van der Waals surface area contributed by atoms with E-state index in [1.807, 2.05) is 20.8 Å². The van der Waals surface area contributed by atoms with Crippen LogP contribution in [0, 0.1) is 5.41 Å². The Morgan fingerprint density at radius 1 is 1.16 bits per heavy atom. The van der Waals surface area contributed by atoms with Crippen LogP contribution in [0.5, 0.6) is 0 Å². The molecule has 6 nitrogen and oxygen atoms in total. The number of morpholine rings is 1. The van der Waals surface area contributed by atoms with Crippen LogP contribution < -0.4 is 5.73 Å². The van der Waals surface area contributed by atoms with Gasteiger partial charge < -0.3 is 10.5 Å². The number of nitrogens with two attached hydrogens (primary N) is 1. The minimum atomic E-state index is -3.38. The van der Waals surface area contributed by atoms with Crippen LogP contribution in [0.25, 0.3) is 0 Å². The van der Waals surface area contributed by atoms with E-state index >= 15 is 0 Å². The molecule has 0 bridgehead atoms. The minimum absolute atomic E-state index is 0.0884. The summed E-state index contributed by atoms with van der Waals surface area (Å²) in [5, 5.41) is 0. The van der Waals surface area contributed by atoms with Crippen molar-refractivity contribution in [3.63, 3.8) is 0 Å². The Morgan fingerprint density at radius 2 is 1.79 bits per heavy atom. The van der Waals surface area contributed by atoms with Crippen molar-refractivity contribution in [3.05, 3.63) is 0 Å². The first-order valence-electron chi connectivity index (χ1n) is 6.78. The van der Waals surface area contributed by atoms with Crippen molar-refractivity contribution in [1.29, 1.82) is 0 Å². The molecule has 0 aliphatic carbocycles. The predicted octanol–water partition coefficient (Wildman–Crippen LogP) is 0.0127. The van der Waals surface area contributed by atoms with Gasteiger partial charge in [0, 0.05) is 26.2 Å². The Hall–Kier alpha value is -0.210. The lowest BCUT2D eigenvalue weighted by Gasteiger charge is -2.39. The van der Waals surface area contributed by atoms with E-state index < -0.39 is 15.8 Å². The van der Waals surface area contributed by atoms with Gasteiger partial charge in [0.05, 0.1) is 12.2 Å². The molecule has 1 unspecified atom stereocenters. The number of ether oxygens (including phenoxy) is 1. The number of hydrogen-bond donors (Lipinski definition) is 1. The normalized spacial score (nSPS) is 33.7. The largest absolute Gasteiger partial charge is 0.373 e. The molecule has 0 saturated carbocycles. The SMILES string of the molecule is CC1(CN)CCN(S(=O)(=O)N2CCOC(C)(C)C2)C1. The molecule has 2 saturated heterocycles. The Balaban J connectivity index is 2.11. The van der Waals surface area contributed by atoms with Crippen molar-refractivity contribution in [2.75, 3.05) is 39.3 Å². The van der Waals surface area contributed by atoms with Gasteiger partial charge in [0.25, 0.3) is 10.2 Å². The van der Waals surface area contributed by atoms with Crippen LogP contribution in [0.1, 0.15) is 27.2 Å². The summed E-state index contributed by atoms with van der Waals surface area (Å²) in [5.74, 6) is 0. The standard InChI is InChI=1S/C12H25N3O3S/c1-11(2)9-15(6-7-18-11)19(16,17)14-5-4-12(3,8-13)10-14/h4-10,13H2,1-3H3. The average molecular weight is 291 g/mol. The van der Waals surface area contributed by atoms with Gasteiger partial charge >= 0.3 is 0 Å². The maximum Gasteiger partial charge on any atom is 0.282 e. The smallest absolute Gasteiger partial charge is 0.282 e. The fourth-order valence-electron chi connectivity index (χ4n) is 2.68. The van der Waals surface area contributed by atoms with Crippen molar-refractivity contribution in [1.82, 2.24) is 8.61 Å². The molecule has 0 aromatic rings. The summed E-state index contributed by atoms with van der Waals surface area (Å²) in [6, 6.07) is 0. The minimum Gasteiger partial charge on any atom is -0.373 e. The topological polar surface area (TPSA) is 75.9 Å². The molecule has 0 radical (unpaired) electrons. The van der Waals surface area contributed by atoms with Gasteiger partial charge in [-0.3, -0.25) is 0 Å². The summed E-state index contributed by atoms with van der Waals surface area (Å²) in [7, 11) is -3.38. The maximum atomic E-state index is 12.6. The highest BCUT2D eigenvalue weighted by molar-refractivity contribution is 7.86.